The van der Waals surface area contributed by atoms with Gasteiger partial charge in [0.05, 0.1) is 13.2 Å². The van der Waals surface area contributed by atoms with Gasteiger partial charge in [-0.2, -0.15) is 0 Å². The Morgan fingerprint density at radius 3 is 2.05 bits per heavy atom. The van der Waals surface area contributed by atoms with Crippen molar-refractivity contribution in [3.63, 3.8) is 0 Å². The molecule has 110 valence electrons. The zero-order valence-electron chi connectivity index (χ0n) is 12.1. The van der Waals surface area contributed by atoms with E-state index in [0.29, 0.717) is 6.42 Å². The molecule has 0 radical (unpaired) electrons. The molecule has 0 aromatic rings. The highest BCUT2D eigenvalue weighted by molar-refractivity contribution is 6.24. The molecule has 0 bridgehead atoms. The van der Waals surface area contributed by atoms with Crippen molar-refractivity contribution in [1.29, 1.82) is 0 Å². The Labute approximate surface area is 119 Å². The second kappa shape index (κ2) is 6.12. The summed E-state index contributed by atoms with van der Waals surface area (Å²) < 4.78 is 10.2. The summed E-state index contributed by atoms with van der Waals surface area (Å²) in [6.45, 7) is 7.61. The van der Waals surface area contributed by atoms with Gasteiger partial charge in [-0.25, -0.2) is 0 Å². The quantitative estimate of drug-likeness (QED) is 0.444. The van der Waals surface area contributed by atoms with Crippen molar-refractivity contribution in [1.82, 2.24) is 0 Å². The number of hydrogen-bond acceptors (Lipinski definition) is 4. The average Bonchev–Trinajstić information content (AvgIpc) is 2.74. The molecule has 1 aliphatic rings. The maximum absolute atomic E-state index is 12.4. The van der Waals surface area contributed by atoms with E-state index in [-0.39, 0.29) is 19.1 Å². The highest BCUT2D eigenvalue weighted by atomic mass is 35.5. The summed E-state index contributed by atoms with van der Waals surface area (Å²) in [5.41, 5.74) is -1.24. The first-order valence-electron chi connectivity index (χ1n) is 6.84. The monoisotopic (exact) mass is 290 g/mol. The zero-order valence-corrected chi connectivity index (χ0v) is 12.9. The molecule has 1 saturated carbocycles. The van der Waals surface area contributed by atoms with Crippen LogP contribution in [0.4, 0.5) is 0 Å². The molecule has 0 aromatic heterocycles. The van der Waals surface area contributed by atoms with Gasteiger partial charge in [0.15, 0.2) is 5.41 Å². The molecule has 4 nitrogen and oxygen atoms in total. The lowest BCUT2D eigenvalue weighted by Crippen LogP contribution is -2.50. The number of alkyl halides is 1. The van der Waals surface area contributed by atoms with Crippen LogP contribution in [0, 0.1) is 11.3 Å². The van der Waals surface area contributed by atoms with Crippen molar-refractivity contribution in [2.24, 2.45) is 11.3 Å². The highest BCUT2D eigenvalue weighted by Crippen LogP contribution is 2.52. The standard InChI is InChI=1S/C14H23ClO4/c1-5-18-11(16)14(12(17)19-6-2)9-7-8-10(14)13(3,4)15/h10H,5-9H2,1-4H3. The van der Waals surface area contributed by atoms with E-state index in [1.54, 1.807) is 13.8 Å². The molecular formula is C14H23ClO4. The molecule has 0 aliphatic heterocycles. The third-order valence-corrected chi connectivity index (χ3v) is 4.03. The van der Waals surface area contributed by atoms with Crippen molar-refractivity contribution in [2.75, 3.05) is 13.2 Å². The predicted octanol–water partition coefficient (Wildman–Crippen LogP) is 2.92. The van der Waals surface area contributed by atoms with Crippen LogP contribution in [-0.4, -0.2) is 30.0 Å². The summed E-state index contributed by atoms with van der Waals surface area (Å²) in [5.74, 6) is -1.26. The topological polar surface area (TPSA) is 52.6 Å². The van der Waals surface area contributed by atoms with Crippen LogP contribution in [0.1, 0.15) is 47.0 Å². The van der Waals surface area contributed by atoms with Crippen LogP contribution in [0.15, 0.2) is 0 Å². The summed E-state index contributed by atoms with van der Waals surface area (Å²) >= 11 is 6.40. The van der Waals surface area contributed by atoms with Gasteiger partial charge >= 0.3 is 11.9 Å². The second-order valence-electron chi connectivity index (χ2n) is 5.42. The van der Waals surface area contributed by atoms with E-state index in [4.69, 9.17) is 21.1 Å². The Morgan fingerprint density at radius 1 is 1.21 bits per heavy atom. The highest BCUT2D eigenvalue weighted by Gasteiger charge is 2.61. The zero-order chi connectivity index (χ0) is 14.7. The fraction of sp³-hybridized carbons (Fsp3) is 0.857. The van der Waals surface area contributed by atoms with Crippen LogP contribution in [-0.2, 0) is 19.1 Å². The molecule has 0 amide bonds. The summed E-state index contributed by atoms with van der Waals surface area (Å²) in [4.78, 5) is 24.1. The summed E-state index contributed by atoms with van der Waals surface area (Å²) in [6, 6.07) is 0. The van der Waals surface area contributed by atoms with E-state index < -0.39 is 22.2 Å². The first-order chi connectivity index (χ1) is 8.80. The largest absolute Gasteiger partial charge is 0.465 e. The van der Waals surface area contributed by atoms with Gasteiger partial charge in [-0.05, 0) is 40.5 Å². The minimum Gasteiger partial charge on any atom is -0.465 e. The molecular weight excluding hydrogens is 268 g/mol. The minimum absolute atomic E-state index is 0.245. The first kappa shape index (κ1) is 16.3. The van der Waals surface area contributed by atoms with Crippen LogP contribution in [0.3, 0.4) is 0 Å². The number of carbonyl (C=O) groups excluding carboxylic acids is 2. The number of ether oxygens (including phenoxy) is 2. The lowest BCUT2D eigenvalue weighted by atomic mass is 9.72. The number of rotatable bonds is 5. The van der Waals surface area contributed by atoms with E-state index in [1.807, 2.05) is 13.8 Å². The lowest BCUT2D eigenvalue weighted by Gasteiger charge is -2.37. The SMILES string of the molecule is CCOC(=O)C1(C(=O)OCC)CCCC1C(C)(C)Cl. The van der Waals surface area contributed by atoms with Gasteiger partial charge in [-0.1, -0.05) is 6.42 Å². The van der Waals surface area contributed by atoms with Gasteiger partial charge in [-0.3, -0.25) is 9.59 Å². The molecule has 0 saturated heterocycles. The van der Waals surface area contributed by atoms with E-state index in [9.17, 15) is 9.59 Å². The first-order valence-corrected chi connectivity index (χ1v) is 7.21. The molecule has 1 atom stereocenters. The maximum Gasteiger partial charge on any atom is 0.323 e. The molecule has 0 heterocycles. The molecule has 19 heavy (non-hydrogen) atoms. The van der Waals surface area contributed by atoms with Gasteiger partial charge in [0.25, 0.3) is 0 Å². The van der Waals surface area contributed by atoms with E-state index >= 15 is 0 Å². The maximum atomic E-state index is 12.4. The average molecular weight is 291 g/mol. The number of hydrogen-bond donors (Lipinski definition) is 0. The van der Waals surface area contributed by atoms with Crippen molar-refractivity contribution >= 4 is 23.5 Å². The Kier molecular flexibility index (Phi) is 5.25. The van der Waals surface area contributed by atoms with Crippen LogP contribution in [0.25, 0.3) is 0 Å². The Bertz CT molecular complexity index is 328. The lowest BCUT2D eigenvalue weighted by molar-refractivity contribution is -0.176. The van der Waals surface area contributed by atoms with E-state index in [1.165, 1.54) is 0 Å². The van der Waals surface area contributed by atoms with Crippen molar-refractivity contribution in [3.05, 3.63) is 0 Å². The van der Waals surface area contributed by atoms with Crippen molar-refractivity contribution < 1.29 is 19.1 Å². The summed E-state index contributed by atoms with van der Waals surface area (Å²) in [5, 5.41) is 0. The fourth-order valence-corrected chi connectivity index (χ4v) is 3.32. The Morgan fingerprint density at radius 2 is 1.68 bits per heavy atom. The minimum atomic E-state index is -1.24. The summed E-state index contributed by atoms with van der Waals surface area (Å²) in [6.07, 6.45) is 1.96. The Hall–Kier alpha value is -0.770. The van der Waals surface area contributed by atoms with Gasteiger partial charge in [0, 0.05) is 10.8 Å². The third-order valence-electron chi connectivity index (χ3n) is 3.77. The van der Waals surface area contributed by atoms with Gasteiger partial charge in [0.1, 0.15) is 0 Å². The normalized spacial score (nSPS) is 22.1. The molecule has 1 unspecified atom stereocenters. The number of carbonyl (C=O) groups is 2. The van der Waals surface area contributed by atoms with Gasteiger partial charge in [-0.15, -0.1) is 11.6 Å². The molecule has 1 fully saturated rings. The third kappa shape index (κ3) is 3.04. The smallest absolute Gasteiger partial charge is 0.323 e. The van der Waals surface area contributed by atoms with Crippen LogP contribution in [0.5, 0.6) is 0 Å². The van der Waals surface area contributed by atoms with Gasteiger partial charge < -0.3 is 9.47 Å². The molecule has 0 N–H and O–H groups in total. The molecule has 0 spiro atoms. The fourth-order valence-electron chi connectivity index (χ4n) is 3.03. The molecule has 5 heteroatoms. The number of esters is 2. The molecule has 1 aliphatic carbocycles. The predicted molar refractivity (Wildman–Crippen MR) is 73.0 cm³/mol. The second-order valence-corrected chi connectivity index (χ2v) is 6.40. The van der Waals surface area contributed by atoms with Gasteiger partial charge in [0.2, 0.25) is 0 Å². The number of halogens is 1. The van der Waals surface area contributed by atoms with Crippen LogP contribution < -0.4 is 0 Å². The molecule has 1 rings (SSSR count). The van der Waals surface area contributed by atoms with Crippen molar-refractivity contribution in [3.8, 4) is 0 Å². The van der Waals surface area contributed by atoms with E-state index in [0.717, 1.165) is 12.8 Å². The Balaban J connectivity index is 3.18. The summed E-state index contributed by atoms with van der Waals surface area (Å²) in [7, 11) is 0. The van der Waals surface area contributed by atoms with E-state index in [2.05, 4.69) is 0 Å². The van der Waals surface area contributed by atoms with Crippen molar-refractivity contribution in [2.45, 2.75) is 51.8 Å². The molecule has 0 aromatic carbocycles. The van der Waals surface area contributed by atoms with Crippen LogP contribution in [0.2, 0.25) is 0 Å². The van der Waals surface area contributed by atoms with Crippen LogP contribution >= 0.6 is 11.6 Å².